The zero-order valence-electron chi connectivity index (χ0n) is 47.8. The lowest BCUT2D eigenvalue weighted by molar-refractivity contribution is 0.0734. The molecular weight excluding hydrogens is 837 g/mol. The van der Waals surface area contributed by atoms with Crippen LogP contribution in [0.2, 0.25) is 0 Å². The number of benzene rings is 5. The van der Waals surface area contributed by atoms with Crippen LogP contribution in [-0.4, -0.2) is 5.97 Å². The molecule has 0 saturated heterocycles. The second kappa shape index (κ2) is 39.3. The maximum Gasteiger partial charge on any atom is 0.343 e. The Bertz CT molecular complexity index is 1850. The Labute approximate surface area is 427 Å². The Hall–Kier alpha value is -4.43. The molecule has 3 aliphatic rings. The van der Waals surface area contributed by atoms with Crippen LogP contribution in [0.15, 0.2) is 121 Å². The zero-order valence-corrected chi connectivity index (χ0v) is 47.8. The molecule has 3 saturated carbocycles. The van der Waals surface area contributed by atoms with Gasteiger partial charge in [-0.05, 0) is 150 Å². The molecular formula is C67H104O2. The Morgan fingerprint density at radius 2 is 0.609 bits per heavy atom. The molecule has 5 aromatic rings. The number of hydrogen-bond donors (Lipinski definition) is 0. The summed E-state index contributed by atoms with van der Waals surface area (Å²) in [7, 11) is 0. The number of rotatable bonds is 5. The largest absolute Gasteiger partial charge is 0.423 e. The third-order valence-corrected chi connectivity index (χ3v) is 13.3. The first-order valence-electron chi connectivity index (χ1n) is 28.0. The molecule has 0 bridgehead atoms. The SMILES string of the molecule is CC.CC.CC.CC.CC.CC1CCC(C2CCC(C)CC2)CC1.Cc1ccc(-c2ccc(C)cc2)cc1.Cc1ccc(C2CCC(C)CC2)cc1.Cc1ccc(OC(=O)c2ccc(C)cc2)cc1. The molecule has 0 aromatic heterocycles. The molecule has 0 aliphatic heterocycles. The van der Waals surface area contributed by atoms with E-state index in [4.69, 9.17) is 4.74 Å². The number of esters is 1. The Morgan fingerprint density at radius 1 is 0.348 bits per heavy atom. The highest BCUT2D eigenvalue weighted by molar-refractivity contribution is 5.91. The van der Waals surface area contributed by atoms with Gasteiger partial charge in [0.25, 0.3) is 0 Å². The minimum atomic E-state index is -0.325. The second-order valence-electron chi connectivity index (χ2n) is 18.7. The van der Waals surface area contributed by atoms with Crippen LogP contribution in [0.1, 0.15) is 217 Å². The average molecular weight is 942 g/mol. The topological polar surface area (TPSA) is 26.3 Å². The van der Waals surface area contributed by atoms with Crippen molar-refractivity contribution in [1.29, 1.82) is 0 Å². The second-order valence-corrected chi connectivity index (χ2v) is 18.7. The molecule has 0 unspecified atom stereocenters. The Morgan fingerprint density at radius 3 is 0.928 bits per heavy atom. The van der Waals surface area contributed by atoms with Crippen LogP contribution in [0.4, 0.5) is 0 Å². The monoisotopic (exact) mass is 941 g/mol. The molecule has 0 N–H and O–H groups in total. The van der Waals surface area contributed by atoms with Crippen molar-refractivity contribution in [2.75, 3.05) is 0 Å². The summed E-state index contributed by atoms with van der Waals surface area (Å²) in [6.45, 7) is 37.6. The van der Waals surface area contributed by atoms with E-state index in [2.05, 4.69) is 114 Å². The van der Waals surface area contributed by atoms with E-state index in [9.17, 15) is 4.79 Å². The molecule has 8 rings (SSSR count). The van der Waals surface area contributed by atoms with Crippen molar-refractivity contribution in [3.8, 4) is 16.9 Å². The zero-order chi connectivity index (χ0) is 52.1. The van der Waals surface area contributed by atoms with Gasteiger partial charge < -0.3 is 4.74 Å². The van der Waals surface area contributed by atoms with Crippen molar-refractivity contribution < 1.29 is 9.53 Å². The number of aryl methyl sites for hydroxylation is 5. The first-order valence-corrected chi connectivity index (χ1v) is 28.0. The third-order valence-electron chi connectivity index (χ3n) is 13.3. The predicted octanol–water partition coefficient (Wildman–Crippen LogP) is 21.6. The van der Waals surface area contributed by atoms with Crippen molar-refractivity contribution in [1.82, 2.24) is 0 Å². The lowest BCUT2D eigenvalue weighted by atomic mass is 9.70. The van der Waals surface area contributed by atoms with Gasteiger partial charge in [0.15, 0.2) is 0 Å². The lowest BCUT2D eigenvalue weighted by Crippen LogP contribution is -2.24. The van der Waals surface area contributed by atoms with Gasteiger partial charge in [-0.3, -0.25) is 0 Å². The fourth-order valence-electron chi connectivity index (χ4n) is 8.90. The Balaban J connectivity index is 0.000000842. The van der Waals surface area contributed by atoms with Crippen LogP contribution in [0.5, 0.6) is 5.75 Å². The van der Waals surface area contributed by atoms with E-state index < -0.39 is 0 Å². The normalized spacial score (nSPS) is 19.7. The van der Waals surface area contributed by atoms with Crippen LogP contribution in [0.25, 0.3) is 11.1 Å². The molecule has 3 fully saturated rings. The molecule has 2 nitrogen and oxygen atoms in total. The molecule has 0 heterocycles. The summed E-state index contributed by atoms with van der Waals surface area (Å²) in [5.74, 6) is 6.30. The van der Waals surface area contributed by atoms with Crippen LogP contribution in [0.3, 0.4) is 0 Å². The molecule has 384 valence electrons. The van der Waals surface area contributed by atoms with E-state index in [1.54, 1.807) is 55.5 Å². The first-order chi connectivity index (χ1) is 33.4. The minimum absolute atomic E-state index is 0.325. The van der Waals surface area contributed by atoms with Gasteiger partial charge in [-0.15, -0.1) is 0 Å². The highest BCUT2D eigenvalue weighted by Crippen LogP contribution is 2.41. The van der Waals surface area contributed by atoms with Crippen LogP contribution in [0, 0.1) is 64.2 Å². The summed E-state index contributed by atoms with van der Waals surface area (Å²) in [6, 6.07) is 41.1. The van der Waals surface area contributed by atoms with E-state index in [-0.39, 0.29) is 5.97 Å². The van der Waals surface area contributed by atoms with Crippen molar-refractivity contribution in [3.63, 3.8) is 0 Å². The van der Waals surface area contributed by atoms with Gasteiger partial charge >= 0.3 is 5.97 Å². The van der Waals surface area contributed by atoms with Gasteiger partial charge in [-0.2, -0.15) is 0 Å². The number of hydrogen-bond acceptors (Lipinski definition) is 2. The molecule has 0 amide bonds. The van der Waals surface area contributed by atoms with Crippen LogP contribution < -0.4 is 4.74 Å². The summed E-state index contributed by atoms with van der Waals surface area (Å²) < 4.78 is 5.26. The van der Waals surface area contributed by atoms with Gasteiger partial charge in [0.2, 0.25) is 0 Å². The Kier molecular flexibility index (Phi) is 36.8. The van der Waals surface area contributed by atoms with Crippen LogP contribution in [-0.2, 0) is 0 Å². The molecule has 69 heavy (non-hydrogen) atoms. The van der Waals surface area contributed by atoms with E-state index >= 15 is 0 Å². The first kappa shape index (κ1) is 64.6. The molecule has 0 radical (unpaired) electrons. The number of ether oxygens (including phenoxy) is 1. The van der Waals surface area contributed by atoms with Crippen molar-refractivity contribution >= 4 is 5.97 Å². The van der Waals surface area contributed by atoms with E-state index in [0.29, 0.717) is 11.3 Å². The smallest absolute Gasteiger partial charge is 0.343 e. The molecule has 5 aromatic carbocycles. The quantitative estimate of drug-likeness (QED) is 0.130. The van der Waals surface area contributed by atoms with E-state index in [1.807, 2.05) is 107 Å². The highest BCUT2D eigenvalue weighted by atomic mass is 16.5. The van der Waals surface area contributed by atoms with Gasteiger partial charge in [0.05, 0.1) is 5.56 Å². The highest BCUT2D eigenvalue weighted by Gasteiger charge is 2.28. The van der Waals surface area contributed by atoms with Crippen molar-refractivity contribution in [3.05, 3.63) is 160 Å². The maximum absolute atomic E-state index is 11.8. The summed E-state index contributed by atoms with van der Waals surface area (Å²) in [5.41, 5.74) is 10.9. The summed E-state index contributed by atoms with van der Waals surface area (Å²) in [5, 5.41) is 0. The fourth-order valence-corrected chi connectivity index (χ4v) is 8.90. The van der Waals surface area contributed by atoms with Crippen molar-refractivity contribution in [2.45, 2.75) is 208 Å². The molecule has 2 heteroatoms. The lowest BCUT2D eigenvalue weighted by Gasteiger charge is -2.36. The molecule has 3 aliphatic carbocycles. The minimum Gasteiger partial charge on any atom is -0.423 e. The number of carbonyl (C=O) groups is 1. The van der Waals surface area contributed by atoms with Gasteiger partial charge in [0.1, 0.15) is 5.75 Å². The maximum atomic E-state index is 11.8. The van der Waals surface area contributed by atoms with Crippen molar-refractivity contribution in [2.24, 2.45) is 29.6 Å². The standard InChI is InChI=1S/C15H14O2.C14H26.C14H20.C14H14.5C2H6/c1-11-3-7-13(8-4-11)15(16)17-14-9-5-12(2)6-10-14;3*1-11-3-7-13(8-4-11)14-9-5-12(2)6-10-14;5*1-2/h3-10H,1-2H3;11-14H,3-10H2,1-2H3;3-4,7-8,12,14H,5-6,9-10H2,1-2H3;3-10H,1-2H3;5*1-2H3. The summed E-state index contributed by atoms with van der Waals surface area (Å²) in [4.78, 5) is 11.8. The van der Waals surface area contributed by atoms with Crippen LogP contribution >= 0.6 is 0 Å². The fraction of sp³-hybridized carbons (Fsp3) is 0.537. The average Bonchev–Trinajstić information content (AvgIpc) is 3.40. The van der Waals surface area contributed by atoms with Gasteiger partial charge in [0, 0.05) is 0 Å². The summed E-state index contributed by atoms with van der Waals surface area (Å²) >= 11 is 0. The van der Waals surface area contributed by atoms with E-state index in [0.717, 1.165) is 46.6 Å². The van der Waals surface area contributed by atoms with E-state index in [1.165, 1.54) is 79.2 Å². The number of carbonyl (C=O) groups excluding carboxylic acids is 1. The summed E-state index contributed by atoms with van der Waals surface area (Å²) in [6.07, 6.45) is 17.8. The third kappa shape index (κ3) is 26.4. The molecule has 0 spiro atoms. The van der Waals surface area contributed by atoms with Gasteiger partial charge in [-0.25, -0.2) is 4.79 Å². The molecule has 0 atom stereocenters. The predicted molar refractivity (Wildman–Crippen MR) is 309 cm³/mol. The van der Waals surface area contributed by atoms with Gasteiger partial charge in [-0.1, -0.05) is 253 Å².